The first kappa shape index (κ1) is 17.2. The number of aryl methyl sites for hydroxylation is 1. The number of nitrogens with one attached hydrogen (secondary N) is 3. The highest BCUT2D eigenvalue weighted by Crippen LogP contribution is 2.23. The van der Waals surface area contributed by atoms with E-state index in [1.165, 1.54) is 9.64 Å². The number of benzene rings is 2. The lowest BCUT2D eigenvalue weighted by Crippen LogP contribution is -2.30. The maximum Gasteiger partial charge on any atom is 0.170 e. The van der Waals surface area contributed by atoms with Crippen LogP contribution in [0.15, 0.2) is 42.5 Å². The Morgan fingerprint density at radius 1 is 1.21 bits per heavy atom. The summed E-state index contributed by atoms with van der Waals surface area (Å²) in [5, 5.41) is 7.88. The van der Waals surface area contributed by atoms with Crippen LogP contribution in [0.3, 0.4) is 0 Å². The fourth-order valence-corrected chi connectivity index (χ4v) is 3.27. The fourth-order valence-electron chi connectivity index (χ4n) is 2.69. The van der Waals surface area contributed by atoms with Crippen molar-refractivity contribution in [2.75, 3.05) is 11.9 Å². The van der Waals surface area contributed by atoms with E-state index in [0.29, 0.717) is 11.7 Å². The highest BCUT2D eigenvalue weighted by Gasteiger charge is 2.09. The molecule has 1 aromatic heterocycles. The molecule has 1 heterocycles. The number of hydrogen-bond donors (Lipinski definition) is 3. The van der Waals surface area contributed by atoms with Crippen LogP contribution < -0.4 is 10.6 Å². The maximum atomic E-state index is 13.5. The number of hydrogen-bond acceptors (Lipinski definition) is 1. The van der Waals surface area contributed by atoms with E-state index < -0.39 is 0 Å². The first-order valence-electron chi connectivity index (χ1n) is 7.60. The van der Waals surface area contributed by atoms with Gasteiger partial charge in [-0.25, -0.2) is 4.39 Å². The fraction of sp³-hybridized carbons (Fsp3) is 0.167. The average molecular weight is 453 g/mol. The second-order valence-corrected chi connectivity index (χ2v) is 7.21. The van der Waals surface area contributed by atoms with Crippen LogP contribution in [0.1, 0.15) is 11.3 Å². The van der Waals surface area contributed by atoms with Gasteiger partial charge in [0.2, 0.25) is 0 Å². The molecule has 3 rings (SSSR count). The lowest BCUT2D eigenvalue weighted by atomic mass is 10.1. The Labute approximate surface area is 159 Å². The van der Waals surface area contributed by atoms with Gasteiger partial charge in [0.05, 0.1) is 0 Å². The van der Waals surface area contributed by atoms with Gasteiger partial charge in [0, 0.05) is 32.4 Å². The van der Waals surface area contributed by atoms with Crippen molar-refractivity contribution in [1.29, 1.82) is 0 Å². The summed E-state index contributed by atoms with van der Waals surface area (Å²) < 4.78 is 14.7. The van der Waals surface area contributed by atoms with E-state index in [1.807, 2.05) is 31.2 Å². The molecule has 124 valence electrons. The zero-order valence-electron chi connectivity index (χ0n) is 13.1. The van der Waals surface area contributed by atoms with Crippen molar-refractivity contribution in [3.05, 3.63) is 63.1 Å². The molecule has 0 aliphatic rings. The number of fused-ring (bicyclic) bond motifs is 1. The van der Waals surface area contributed by atoms with Gasteiger partial charge < -0.3 is 15.6 Å². The average Bonchev–Trinajstić information content (AvgIpc) is 2.85. The van der Waals surface area contributed by atoms with E-state index in [9.17, 15) is 4.39 Å². The summed E-state index contributed by atoms with van der Waals surface area (Å²) in [6.07, 6.45) is 0.768. The van der Waals surface area contributed by atoms with Crippen molar-refractivity contribution in [1.82, 2.24) is 10.3 Å². The number of anilines is 1. The Balaban J connectivity index is 1.60. The molecule has 0 radical (unpaired) electrons. The number of rotatable bonds is 4. The molecule has 0 unspecified atom stereocenters. The van der Waals surface area contributed by atoms with Crippen LogP contribution in [0.2, 0.25) is 0 Å². The van der Waals surface area contributed by atoms with Gasteiger partial charge in [0.25, 0.3) is 0 Å². The van der Waals surface area contributed by atoms with Gasteiger partial charge >= 0.3 is 0 Å². The summed E-state index contributed by atoms with van der Waals surface area (Å²) in [6, 6.07) is 12.9. The molecule has 0 saturated heterocycles. The third-order valence-electron chi connectivity index (χ3n) is 3.84. The molecule has 3 nitrogen and oxygen atoms in total. The molecule has 0 saturated carbocycles. The molecular weight excluding hydrogens is 436 g/mol. The molecule has 24 heavy (non-hydrogen) atoms. The van der Waals surface area contributed by atoms with Gasteiger partial charge in [-0.3, -0.25) is 0 Å². The van der Waals surface area contributed by atoms with E-state index in [4.69, 9.17) is 12.2 Å². The Hall–Kier alpha value is -1.67. The van der Waals surface area contributed by atoms with Gasteiger partial charge in [0.15, 0.2) is 5.11 Å². The number of halogens is 2. The van der Waals surface area contributed by atoms with E-state index in [0.717, 1.165) is 34.3 Å². The largest absolute Gasteiger partial charge is 0.362 e. The first-order valence-corrected chi connectivity index (χ1v) is 9.09. The van der Waals surface area contributed by atoms with Crippen molar-refractivity contribution in [2.24, 2.45) is 0 Å². The Kier molecular flexibility index (Phi) is 5.35. The quantitative estimate of drug-likeness (QED) is 0.395. The van der Waals surface area contributed by atoms with E-state index in [2.05, 4.69) is 38.2 Å². The lowest BCUT2D eigenvalue weighted by molar-refractivity contribution is 0.629. The molecule has 0 amide bonds. The summed E-state index contributed by atoms with van der Waals surface area (Å²) in [4.78, 5) is 3.29. The molecule has 0 bridgehead atoms. The molecule has 0 fully saturated rings. The standard InChI is InChI=1S/C18H17FIN3S/c1-11-15(16-10-12(19)2-7-17(16)22-11)8-9-21-18(24)23-14-5-3-13(20)4-6-14/h2-7,10,22H,8-9H2,1H3,(H2,21,23,24). The van der Waals surface area contributed by atoms with Crippen molar-refractivity contribution in [2.45, 2.75) is 13.3 Å². The minimum Gasteiger partial charge on any atom is -0.362 e. The summed E-state index contributed by atoms with van der Waals surface area (Å²) in [5.41, 5.74) is 4.10. The Morgan fingerprint density at radius 3 is 2.71 bits per heavy atom. The molecule has 0 atom stereocenters. The molecule has 0 aliphatic carbocycles. The van der Waals surface area contributed by atoms with Crippen LogP contribution in [0.4, 0.5) is 10.1 Å². The van der Waals surface area contributed by atoms with Gasteiger partial charge in [-0.2, -0.15) is 0 Å². The zero-order valence-corrected chi connectivity index (χ0v) is 16.1. The monoisotopic (exact) mass is 453 g/mol. The predicted molar refractivity (Wildman–Crippen MR) is 110 cm³/mol. The van der Waals surface area contributed by atoms with Crippen molar-refractivity contribution >= 4 is 56.5 Å². The number of aromatic nitrogens is 1. The summed E-state index contributed by atoms with van der Waals surface area (Å²) >= 11 is 7.59. The first-order chi connectivity index (χ1) is 11.5. The van der Waals surface area contributed by atoms with Gasteiger partial charge in [-0.05, 0) is 96.2 Å². The molecule has 3 aromatic rings. The van der Waals surface area contributed by atoms with Gasteiger partial charge in [0.1, 0.15) is 5.82 Å². The van der Waals surface area contributed by atoms with E-state index in [-0.39, 0.29) is 5.82 Å². The minimum absolute atomic E-state index is 0.216. The maximum absolute atomic E-state index is 13.5. The van der Waals surface area contributed by atoms with E-state index in [1.54, 1.807) is 12.1 Å². The number of H-pyrrole nitrogens is 1. The number of aromatic amines is 1. The Morgan fingerprint density at radius 2 is 1.96 bits per heavy atom. The third kappa shape index (κ3) is 4.05. The summed E-state index contributed by atoms with van der Waals surface area (Å²) in [5.74, 6) is -0.216. The van der Waals surface area contributed by atoms with Gasteiger partial charge in [-0.15, -0.1) is 0 Å². The smallest absolute Gasteiger partial charge is 0.170 e. The van der Waals surface area contributed by atoms with Crippen LogP contribution in [-0.2, 0) is 6.42 Å². The lowest BCUT2D eigenvalue weighted by Gasteiger charge is -2.10. The van der Waals surface area contributed by atoms with Gasteiger partial charge in [-0.1, -0.05) is 0 Å². The minimum atomic E-state index is -0.216. The van der Waals surface area contributed by atoms with Crippen LogP contribution in [0.25, 0.3) is 10.9 Å². The summed E-state index contributed by atoms with van der Waals surface area (Å²) in [7, 11) is 0. The zero-order chi connectivity index (χ0) is 17.1. The molecule has 0 aliphatic heterocycles. The van der Waals surface area contributed by atoms with Crippen LogP contribution in [0.5, 0.6) is 0 Å². The van der Waals surface area contributed by atoms with Crippen LogP contribution >= 0.6 is 34.8 Å². The third-order valence-corrected chi connectivity index (χ3v) is 4.81. The van der Waals surface area contributed by atoms with Crippen molar-refractivity contribution in [3.63, 3.8) is 0 Å². The normalized spacial score (nSPS) is 10.8. The predicted octanol–water partition coefficient (Wildman–Crippen LogP) is 4.75. The van der Waals surface area contributed by atoms with Crippen molar-refractivity contribution in [3.8, 4) is 0 Å². The highest BCUT2D eigenvalue weighted by atomic mass is 127. The van der Waals surface area contributed by atoms with Crippen LogP contribution in [-0.4, -0.2) is 16.6 Å². The second kappa shape index (κ2) is 7.48. The molecular formula is C18H17FIN3S. The topological polar surface area (TPSA) is 39.9 Å². The van der Waals surface area contributed by atoms with Crippen LogP contribution in [0, 0.1) is 16.3 Å². The highest BCUT2D eigenvalue weighted by molar-refractivity contribution is 14.1. The summed E-state index contributed by atoms with van der Waals surface area (Å²) in [6.45, 7) is 2.69. The second-order valence-electron chi connectivity index (χ2n) is 5.56. The molecule has 0 spiro atoms. The molecule has 6 heteroatoms. The molecule has 2 aromatic carbocycles. The SMILES string of the molecule is Cc1[nH]c2ccc(F)cc2c1CCNC(=S)Nc1ccc(I)cc1. The molecule has 3 N–H and O–H groups in total. The van der Waals surface area contributed by atoms with E-state index >= 15 is 0 Å². The van der Waals surface area contributed by atoms with Crippen molar-refractivity contribution < 1.29 is 4.39 Å². The Bertz CT molecular complexity index is 874. The number of thiocarbonyl (C=S) groups is 1.